The highest BCUT2D eigenvalue weighted by Crippen LogP contribution is 2.15. The predicted molar refractivity (Wildman–Crippen MR) is 117 cm³/mol. The van der Waals surface area contributed by atoms with Crippen LogP contribution in [0.1, 0.15) is 21.9 Å². The van der Waals surface area contributed by atoms with E-state index < -0.39 is 5.97 Å². The summed E-state index contributed by atoms with van der Waals surface area (Å²) in [5.74, 6) is 0.224. The standard InChI is InChI=1S/C24H26N2O5/c1-25(2)19-11-9-18(10-12-19)15-26(3)23(27)17-30-24(28)22-14-13-21(31-22)16-29-20-7-5-4-6-8-20/h4-14H,15-17H2,1-3H3. The zero-order chi connectivity index (χ0) is 22.2. The lowest BCUT2D eigenvalue weighted by Gasteiger charge is -2.18. The molecule has 1 heterocycles. The van der Waals surface area contributed by atoms with Crippen molar-refractivity contribution in [2.45, 2.75) is 13.2 Å². The van der Waals surface area contributed by atoms with Gasteiger partial charge in [0, 0.05) is 33.4 Å². The monoisotopic (exact) mass is 422 g/mol. The molecule has 0 saturated heterocycles. The van der Waals surface area contributed by atoms with Crippen LogP contribution in [0, 0.1) is 0 Å². The van der Waals surface area contributed by atoms with E-state index in [-0.39, 0.29) is 24.9 Å². The zero-order valence-electron chi connectivity index (χ0n) is 17.9. The molecule has 0 saturated carbocycles. The van der Waals surface area contributed by atoms with Gasteiger partial charge >= 0.3 is 5.97 Å². The maximum Gasteiger partial charge on any atom is 0.374 e. The lowest BCUT2D eigenvalue weighted by atomic mass is 10.2. The van der Waals surface area contributed by atoms with Crippen molar-refractivity contribution >= 4 is 17.6 Å². The zero-order valence-corrected chi connectivity index (χ0v) is 17.9. The molecule has 0 aliphatic carbocycles. The molecule has 7 heteroatoms. The Morgan fingerprint density at radius 3 is 2.29 bits per heavy atom. The Labute approximate surface area is 181 Å². The van der Waals surface area contributed by atoms with Crippen LogP contribution in [0.2, 0.25) is 0 Å². The molecule has 2 aromatic carbocycles. The Morgan fingerprint density at radius 1 is 0.903 bits per heavy atom. The van der Waals surface area contributed by atoms with Gasteiger partial charge in [0.2, 0.25) is 5.76 Å². The SMILES string of the molecule is CN(Cc1ccc(N(C)C)cc1)C(=O)COC(=O)c1ccc(COc2ccccc2)o1. The number of benzene rings is 2. The van der Waals surface area contributed by atoms with E-state index in [1.54, 1.807) is 13.1 Å². The van der Waals surface area contributed by atoms with Crippen LogP contribution in [0.15, 0.2) is 71.1 Å². The Kier molecular flexibility index (Phi) is 7.32. The second kappa shape index (κ2) is 10.3. The quantitative estimate of drug-likeness (QED) is 0.489. The van der Waals surface area contributed by atoms with E-state index in [0.29, 0.717) is 18.1 Å². The lowest BCUT2D eigenvalue weighted by Crippen LogP contribution is -2.30. The number of amides is 1. The minimum atomic E-state index is -0.692. The third kappa shape index (κ3) is 6.37. The first-order chi connectivity index (χ1) is 14.9. The normalized spacial score (nSPS) is 10.4. The summed E-state index contributed by atoms with van der Waals surface area (Å²) in [6, 6.07) is 20.4. The summed E-state index contributed by atoms with van der Waals surface area (Å²) in [6.45, 7) is 0.249. The minimum absolute atomic E-state index is 0.0291. The molecule has 0 radical (unpaired) electrons. The van der Waals surface area contributed by atoms with Crippen molar-refractivity contribution in [1.82, 2.24) is 4.90 Å². The van der Waals surface area contributed by atoms with E-state index in [0.717, 1.165) is 11.3 Å². The molecular formula is C24H26N2O5. The molecule has 3 rings (SSSR count). The number of likely N-dealkylation sites (N-methyl/N-ethyl adjacent to an activating group) is 1. The van der Waals surface area contributed by atoms with Crippen LogP contribution in [-0.2, 0) is 22.7 Å². The van der Waals surface area contributed by atoms with Crippen LogP contribution in [-0.4, -0.2) is 44.5 Å². The highest BCUT2D eigenvalue weighted by atomic mass is 16.6. The van der Waals surface area contributed by atoms with Crippen molar-refractivity contribution in [1.29, 1.82) is 0 Å². The van der Waals surface area contributed by atoms with E-state index >= 15 is 0 Å². The summed E-state index contributed by atoms with van der Waals surface area (Å²) in [5.41, 5.74) is 2.07. The number of hydrogen-bond donors (Lipinski definition) is 0. The molecule has 0 fully saturated rings. The fourth-order valence-electron chi connectivity index (χ4n) is 2.81. The minimum Gasteiger partial charge on any atom is -0.486 e. The Balaban J connectivity index is 1.45. The summed E-state index contributed by atoms with van der Waals surface area (Å²) < 4.78 is 16.1. The van der Waals surface area contributed by atoms with Crippen LogP contribution in [0.3, 0.4) is 0 Å². The number of para-hydroxylation sites is 1. The van der Waals surface area contributed by atoms with Crippen LogP contribution < -0.4 is 9.64 Å². The smallest absolute Gasteiger partial charge is 0.374 e. The number of furan rings is 1. The van der Waals surface area contributed by atoms with Crippen LogP contribution >= 0.6 is 0 Å². The van der Waals surface area contributed by atoms with Crippen molar-refractivity contribution < 1.29 is 23.5 Å². The Hall–Kier alpha value is -3.74. The van der Waals surface area contributed by atoms with E-state index in [1.807, 2.05) is 73.6 Å². The van der Waals surface area contributed by atoms with E-state index in [1.165, 1.54) is 11.0 Å². The number of hydrogen-bond acceptors (Lipinski definition) is 6. The second-order valence-corrected chi connectivity index (χ2v) is 7.25. The Morgan fingerprint density at radius 2 is 1.61 bits per heavy atom. The largest absolute Gasteiger partial charge is 0.486 e. The van der Waals surface area contributed by atoms with Gasteiger partial charge in [-0.15, -0.1) is 0 Å². The van der Waals surface area contributed by atoms with Crippen LogP contribution in [0.25, 0.3) is 0 Å². The lowest BCUT2D eigenvalue weighted by molar-refractivity contribution is -0.133. The topological polar surface area (TPSA) is 72.2 Å². The number of ether oxygens (including phenoxy) is 2. The van der Waals surface area contributed by atoms with Gasteiger partial charge in [0.05, 0.1) is 0 Å². The second-order valence-electron chi connectivity index (χ2n) is 7.25. The highest BCUT2D eigenvalue weighted by molar-refractivity contribution is 5.88. The molecule has 0 aliphatic rings. The average Bonchev–Trinajstić information content (AvgIpc) is 3.26. The Bertz CT molecular complexity index is 996. The summed E-state index contributed by atoms with van der Waals surface area (Å²) in [5, 5.41) is 0. The van der Waals surface area contributed by atoms with Gasteiger partial charge in [-0.2, -0.15) is 0 Å². The number of esters is 1. The molecular weight excluding hydrogens is 396 g/mol. The van der Waals surface area contributed by atoms with Gasteiger partial charge in [-0.3, -0.25) is 4.79 Å². The van der Waals surface area contributed by atoms with Gasteiger partial charge in [0.25, 0.3) is 5.91 Å². The van der Waals surface area contributed by atoms with E-state index in [2.05, 4.69) is 0 Å². The molecule has 1 amide bonds. The van der Waals surface area contributed by atoms with Gasteiger partial charge in [-0.25, -0.2) is 4.79 Å². The first-order valence-electron chi connectivity index (χ1n) is 9.86. The molecule has 0 bridgehead atoms. The summed E-state index contributed by atoms with van der Waals surface area (Å²) in [7, 11) is 5.61. The maximum absolute atomic E-state index is 12.3. The highest BCUT2D eigenvalue weighted by Gasteiger charge is 2.17. The molecule has 0 unspecified atom stereocenters. The number of anilines is 1. The van der Waals surface area contributed by atoms with Crippen molar-refractivity contribution in [2.24, 2.45) is 0 Å². The van der Waals surface area contributed by atoms with Crippen LogP contribution in [0.5, 0.6) is 5.75 Å². The number of carbonyl (C=O) groups excluding carboxylic acids is 2. The van der Waals surface area contributed by atoms with Crippen LogP contribution in [0.4, 0.5) is 5.69 Å². The fraction of sp³-hybridized carbons (Fsp3) is 0.250. The number of rotatable bonds is 9. The third-order valence-corrected chi connectivity index (χ3v) is 4.61. The molecule has 0 spiro atoms. The molecule has 3 aromatic rings. The van der Waals surface area contributed by atoms with E-state index in [9.17, 15) is 9.59 Å². The average molecular weight is 422 g/mol. The predicted octanol–water partition coefficient (Wildman–Crippen LogP) is 3.74. The molecule has 0 aliphatic heterocycles. The van der Waals surface area contributed by atoms with Crippen molar-refractivity contribution in [3.05, 3.63) is 83.8 Å². The molecule has 1 aromatic heterocycles. The van der Waals surface area contributed by atoms with Gasteiger partial charge in [0.1, 0.15) is 18.1 Å². The molecule has 0 atom stereocenters. The summed E-state index contributed by atoms with van der Waals surface area (Å²) >= 11 is 0. The van der Waals surface area contributed by atoms with Crippen molar-refractivity contribution in [3.8, 4) is 5.75 Å². The van der Waals surface area contributed by atoms with Gasteiger partial charge in [-0.05, 0) is 42.0 Å². The van der Waals surface area contributed by atoms with Gasteiger partial charge in [-0.1, -0.05) is 30.3 Å². The molecule has 162 valence electrons. The first-order valence-corrected chi connectivity index (χ1v) is 9.86. The number of nitrogens with zero attached hydrogens (tertiary/aromatic N) is 2. The molecule has 0 N–H and O–H groups in total. The fourth-order valence-corrected chi connectivity index (χ4v) is 2.81. The molecule has 31 heavy (non-hydrogen) atoms. The van der Waals surface area contributed by atoms with Crippen molar-refractivity contribution in [2.75, 3.05) is 32.6 Å². The number of carbonyl (C=O) groups is 2. The van der Waals surface area contributed by atoms with Gasteiger partial charge < -0.3 is 23.7 Å². The first kappa shape index (κ1) is 22.0. The van der Waals surface area contributed by atoms with Crippen molar-refractivity contribution in [3.63, 3.8) is 0 Å². The summed E-state index contributed by atoms with van der Waals surface area (Å²) in [6.07, 6.45) is 0. The third-order valence-electron chi connectivity index (χ3n) is 4.61. The molecule has 7 nitrogen and oxygen atoms in total. The van der Waals surface area contributed by atoms with Gasteiger partial charge in [0.15, 0.2) is 6.61 Å². The summed E-state index contributed by atoms with van der Waals surface area (Å²) in [4.78, 5) is 28.0. The maximum atomic E-state index is 12.3. The van der Waals surface area contributed by atoms with E-state index in [4.69, 9.17) is 13.9 Å².